The minimum absolute atomic E-state index is 0.0117. The predicted octanol–water partition coefficient (Wildman–Crippen LogP) is 0.961. The van der Waals surface area contributed by atoms with Gasteiger partial charge in [0.05, 0.1) is 29.7 Å². The average Bonchev–Trinajstić information content (AvgIpc) is 2.88. The fourth-order valence-electron chi connectivity index (χ4n) is 3.37. The van der Waals surface area contributed by atoms with E-state index in [1.165, 1.54) is 5.56 Å². The van der Waals surface area contributed by atoms with Gasteiger partial charge in [-0.1, -0.05) is 6.07 Å². The van der Waals surface area contributed by atoms with Crippen molar-refractivity contribution in [3.05, 3.63) is 29.6 Å². The number of hydrogen-bond donors (Lipinski definition) is 2. The molecule has 2 fully saturated rings. The minimum atomic E-state index is -0.0117. The maximum absolute atomic E-state index is 11.5. The first-order valence-electron chi connectivity index (χ1n) is 7.76. The maximum atomic E-state index is 11.5. The molecular formula is C16H20N4O2. The van der Waals surface area contributed by atoms with Crippen LogP contribution in [0.1, 0.15) is 17.8 Å². The van der Waals surface area contributed by atoms with Gasteiger partial charge in [0.25, 0.3) is 0 Å². The van der Waals surface area contributed by atoms with E-state index in [0.29, 0.717) is 0 Å². The van der Waals surface area contributed by atoms with E-state index in [1.807, 2.05) is 6.07 Å². The number of H-pyrrole nitrogens is 1. The number of imidazole rings is 1. The predicted molar refractivity (Wildman–Crippen MR) is 82.4 cm³/mol. The van der Waals surface area contributed by atoms with Crippen molar-refractivity contribution in [2.45, 2.75) is 32.0 Å². The van der Waals surface area contributed by atoms with Gasteiger partial charge in [-0.2, -0.15) is 0 Å². The number of hydrogen-bond acceptors (Lipinski definition) is 4. The molecule has 0 unspecified atom stereocenters. The number of aromatic nitrogens is 2. The summed E-state index contributed by atoms with van der Waals surface area (Å²) in [5.41, 5.74) is 3.31. The van der Waals surface area contributed by atoms with Gasteiger partial charge in [0.1, 0.15) is 12.4 Å². The average molecular weight is 300 g/mol. The summed E-state index contributed by atoms with van der Waals surface area (Å²) in [6, 6.07) is 6.34. The van der Waals surface area contributed by atoms with Crippen LogP contribution in [0.5, 0.6) is 0 Å². The number of fused-ring (bicyclic) bond motifs is 2. The molecule has 0 spiro atoms. The number of carbonyl (C=O) groups is 1. The van der Waals surface area contributed by atoms with Crippen LogP contribution >= 0.6 is 0 Å². The molecule has 2 saturated heterocycles. The van der Waals surface area contributed by atoms with Crippen LogP contribution in [-0.4, -0.2) is 52.6 Å². The molecule has 3 heterocycles. The molecule has 0 aliphatic carbocycles. The first-order valence-corrected chi connectivity index (χ1v) is 7.76. The normalized spacial score (nSPS) is 26.0. The van der Waals surface area contributed by atoms with E-state index in [9.17, 15) is 4.79 Å². The van der Waals surface area contributed by atoms with Crippen molar-refractivity contribution in [1.29, 1.82) is 0 Å². The first kappa shape index (κ1) is 13.7. The summed E-state index contributed by atoms with van der Waals surface area (Å²) in [5.74, 6) is 0.962. The molecule has 6 nitrogen and oxygen atoms in total. The summed E-state index contributed by atoms with van der Waals surface area (Å²) in [5, 5.41) is 3.03. The fraction of sp³-hybridized carbons (Fsp3) is 0.500. The number of aromatic amines is 1. The van der Waals surface area contributed by atoms with Crippen molar-refractivity contribution in [2.75, 3.05) is 19.7 Å². The van der Waals surface area contributed by atoms with Gasteiger partial charge in [-0.15, -0.1) is 0 Å². The van der Waals surface area contributed by atoms with Gasteiger partial charge in [-0.05, 0) is 31.0 Å². The van der Waals surface area contributed by atoms with Crippen LogP contribution in [0.4, 0.5) is 0 Å². The third-order valence-electron chi connectivity index (χ3n) is 4.47. The summed E-state index contributed by atoms with van der Waals surface area (Å²) in [4.78, 5) is 21.8. The number of nitrogens with one attached hydrogen (secondary N) is 2. The second-order valence-corrected chi connectivity index (χ2v) is 6.25. The molecule has 2 N–H and O–H groups in total. The topological polar surface area (TPSA) is 70.2 Å². The number of carbonyl (C=O) groups excluding carboxylic acids is 1. The number of ether oxygens (including phenoxy) is 1. The molecule has 2 aromatic rings. The monoisotopic (exact) mass is 300 g/mol. The Bertz CT molecular complexity index is 711. The van der Waals surface area contributed by atoms with Crippen LogP contribution in [-0.2, 0) is 16.1 Å². The highest BCUT2D eigenvalue weighted by Crippen LogP contribution is 2.20. The molecule has 2 aliphatic rings. The Morgan fingerprint density at radius 3 is 3.27 bits per heavy atom. The Morgan fingerprint density at radius 2 is 2.36 bits per heavy atom. The summed E-state index contributed by atoms with van der Waals surface area (Å²) >= 11 is 0. The van der Waals surface area contributed by atoms with E-state index < -0.39 is 0 Å². The molecule has 0 saturated carbocycles. The second-order valence-electron chi connectivity index (χ2n) is 6.25. The maximum Gasteiger partial charge on any atom is 0.246 e. The number of morpholine rings is 1. The van der Waals surface area contributed by atoms with Crippen molar-refractivity contribution < 1.29 is 9.53 Å². The van der Waals surface area contributed by atoms with E-state index in [1.54, 1.807) is 0 Å². The lowest BCUT2D eigenvalue weighted by atomic mass is 10.0. The Balaban J connectivity index is 1.47. The molecule has 2 aliphatic heterocycles. The molecular weight excluding hydrogens is 280 g/mol. The Morgan fingerprint density at radius 1 is 1.45 bits per heavy atom. The van der Waals surface area contributed by atoms with Crippen LogP contribution < -0.4 is 5.32 Å². The minimum Gasteiger partial charge on any atom is -0.366 e. The molecule has 1 aromatic carbocycles. The second kappa shape index (κ2) is 5.37. The van der Waals surface area contributed by atoms with Gasteiger partial charge in [0.2, 0.25) is 5.91 Å². The molecule has 2 atom stereocenters. The summed E-state index contributed by atoms with van der Waals surface area (Å²) in [6.45, 7) is 4.83. The van der Waals surface area contributed by atoms with Gasteiger partial charge in [0, 0.05) is 13.1 Å². The molecule has 6 heteroatoms. The lowest BCUT2D eigenvalue weighted by molar-refractivity contribution is -0.140. The number of benzene rings is 1. The van der Waals surface area contributed by atoms with Gasteiger partial charge >= 0.3 is 0 Å². The van der Waals surface area contributed by atoms with Crippen molar-refractivity contribution in [2.24, 2.45) is 0 Å². The zero-order valence-corrected chi connectivity index (χ0v) is 12.6. The van der Waals surface area contributed by atoms with E-state index in [0.717, 1.165) is 42.9 Å². The fourth-order valence-corrected chi connectivity index (χ4v) is 3.37. The molecule has 0 radical (unpaired) electrons. The highest BCUT2D eigenvalue weighted by Gasteiger charge is 2.34. The van der Waals surface area contributed by atoms with Crippen LogP contribution in [0.2, 0.25) is 0 Å². The highest BCUT2D eigenvalue weighted by molar-refractivity contribution is 5.78. The third-order valence-corrected chi connectivity index (χ3v) is 4.47. The van der Waals surface area contributed by atoms with Crippen molar-refractivity contribution in [3.63, 3.8) is 0 Å². The highest BCUT2D eigenvalue weighted by atomic mass is 16.5. The van der Waals surface area contributed by atoms with Crippen molar-refractivity contribution >= 4 is 16.9 Å². The van der Waals surface area contributed by atoms with Gasteiger partial charge in [-0.25, -0.2) is 4.98 Å². The van der Waals surface area contributed by atoms with Gasteiger partial charge in [-0.3, -0.25) is 9.69 Å². The Kier molecular flexibility index (Phi) is 3.35. The number of rotatable bonds is 2. The summed E-state index contributed by atoms with van der Waals surface area (Å²) in [6.07, 6.45) is 1.11. The van der Waals surface area contributed by atoms with Crippen molar-refractivity contribution in [1.82, 2.24) is 20.2 Å². The van der Waals surface area contributed by atoms with Crippen LogP contribution in [0.3, 0.4) is 0 Å². The van der Waals surface area contributed by atoms with E-state index in [2.05, 4.69) is 39.2 Å². The molecule has 0 bridgehead atoms. The lowest BCUT2D eigenvalue weighted by Gasteiger charge is -2.40. The number of aryl methyl sites for hydroxylation is 1. The number of piperidine rings is 1. The van der Waals surface area contributed by atoms with Crippen molar-refractivity contribution in [3.8, 4) is 0 Å². The van der Waals surface area contributed by atoms with E-state index >= 15 is 0 Å². The first-order chi connectivity index (χ1) is 10.7. The quantitative estimate of drug-likeness (QED) is 0.867. The molecule has 22 heavy (non-hydrogen) atoms. The third kappa shape index (κ3) is 2.60. The van der Waals surface area contributed by atoms with Gasteiger partial charge < -0.3 is 15.0 Å². The van der Waals surface area contributed by atoms with Crippen LogP contribution in [0.15, 0.2) is 18.2 Å². The van der Waals surface area contributed by atoms with Crippen LogP contribution in [0.25, 0.3) is 11.0 Å². The zero-order chi connectivity index (χ0) is 15.1. The molecule has 4 rings (SSSR count). The van der Waals surface area contributed by atoms with Crippen LogP contribution in [0, 0.1) is 6.92 Å². The largest absolute Gasteiger partial charge is 0.366 e. The Hall–Kier alpha value is -1.92. The summed E-state index contributed by atoms with van der Waals surface area (Å²) in [7, 11) is 0. The van der Waals surface area contributed by atoms with E-state index in [-0.39, 0.29) is 24.7 Å². The zero-order valence-electron chi connectivity index (χ0n) is 12.6. The summed E-state index contributed by atoms with van der Waals surface area (Å²) < 4.78 is 5.59. The molecule has 1 aromatic heterocycles. The smallest absolute Gasteiger partial charge is 0.246 e. The Labute approximate surface area is 128 Å². The number of likely N-dealkylation sites (tertiary alicyclic amines) is 1. The van der Waals surface area contributed by atoms with Gasteiger partial charge in [0.15, 0.2) is 0 Å². The number of nitrogens with zero attached hydrogens (tertiary/aromatic N) is 2. The SMILES string of the molecule is Cc1ccc2nc(CN3CC[C@H]4OCC(=O)N[C@H]4C3)[nH]c2c1. The standard InChI is InChI=1S/C16H20N4O2/c1-10-2-3-11-12(6-10)18-15(17-11)8-20-5-4-14-13(7-20)19-16(21)9-22-14/h2-3,6,13-14H,4-5,7-9H2,1H3,(H,17,18)(H,19,21)/t13-,14+/m0/s1. The van der Waals surface area contributed by atoms with E-state index in [4.69, 9.17) is 4.74 Å². The molecule has 1 amide bonds. The lowest BCUT2D eigenvalue weighted by Crippen LogP contribution is -2.60. The number of amides is 1. The molecule has 116 valence electrons.